The predicted octanol–water partition coefficient (Wildman–Crippen LogP) is 6.45. The largest absolute Gasteiger partial charge is 0.325 e. The minimum atomic E-state index is -0.246. The molecule has 0 aliphatic heterocycles. The number of carbonyl (C=O) groups excluding carboxylic acids is 1. The third-order valence-corrected chi connectivity index (χ3v) is 7.53. The lowest BCUT2D eigenvalue weighted by molar-refractivity contribution is -0.138. The molecule has 1 aromatic carbocycles. The molecule has 3 heteroatoms. The Morgan fingerprint density at radius 2 is 1.58 bits per heavy atom. The first-order valence-corrected chi connectivity index (χ1v) is 10.7. The minimum Gasteiger partial charge on any atom is -0.325 e. The highest BCUT2D eigenvalue weighted by Crippen LogP contribution is 2.64. The molecular formula is C23H32ClNO. The number of nitrogens with one attached hydrogen (secondary N) is 1. The third kappa shape index (κ3) is 2.99. The molecule has 1 aromatic rings. The van der Waals surface area contributed by atoms with Crippen molar-refractivity contribution in [3.8, 4) is 0 Å². The summed E-state index contributed by atoms with van der Waals surface area (Å²) in [6.07, 6.45) is 6.43. The molecule has 142 valence electrons. The van der Waals surface area contributed by atoms with E-state index >= 15 is 0 Å². The van der Waals surface area contributed by atoms with Gasteiger partial charge >= 0.3 is 0 Å². The summed E-state index contributed by atoms with van der Waals surface area (Å²) in [5, 5.41) is 3.42. The van der Waals surface area contributed by atoms with Crippen molar-refractivity contribution < 1.29 is 4.79 Å². The number of anilines is 1. The highest BCUT2D eigenvalue weighted by atomic mass is 35.5. The minimum absolute atomic E-state index is 0.125. The van der Waals surface area contributed by atoms with Crippen LogP contribution < -0.4 is 5.32 Å². The van der Waals surface area contributed by atoms with Crippen LogP contribution in [0.15, 0.2) is 18.2 Å². The molecule has 0 saturated heterocycles. The summed E-state index contributed by atoms with van der Waals surface area (Å²) < 4.78 is 0. The lowest BCUT2D eigenvalue weighted by atomic mass is 9.49. The van der Waals surface area contributed by atoms with Crippen molar-refractivity contribution in [2.75, 3.05) is 5.32 Å². The first kappa shape index (κ1) is 18.3. The van der Waals surface area contributed by atoms with Gasteiger partial charge in [0.1, 0.15) is 0 Å². The van der Waals surface area contributed by atoms with Crippen molar-refractivity contribution >= 4 is 23.2 Å². The van der Waals surface area contributed by atoms with E-state index in [1.807, 2.05) is 0 Å². The Morgan fingerprint density at radius 1 is 1.04 bits per heavy atom. The van der Waals surface area contributed by atoms with E-state index in [1.165, 1.54) is 17.5 Å². The maximum atomic E-state index is 13.6. The Labute approximate surface area is 163 Å². The molecule has 4 aliphatic rings. The van der Waals surface area contributed by atoms with Crippen LogP contribution in [0.25, 0.3) is 0 Å². The van der Waals surface area contributed by atoms with Gasteiger partial charge in [0.15, 0.2) is 0 Å². The molecule has 4 bridgehead atoms. The fraction of sp³-hybridized carbons (Fsp3) is 0.696. The van der Waals surface area contributed by atoms with E-state index < -0.39 is 0 Å². The summed E-state index contributed by atoms with van der Waals surface area (Å²) in [5.74, 6) is 2.29. The predicted molar refractivity (Wildman–Crippen MR) is 109 cm³/mol. The first-order valence-electron chi connectivity index (χ1n) is 10.3. The number of benzene rings is 1. The number of alkyl halides is 1. The van der Waals surface area contributed by atoms with Crippen molar-refractivity contribution in [1.29, 1.82) is 0 Å². The highest BCUT2D eigenvalue weighted by molar-refractivity contribution is 6.24. The smallest absolute Gasteiger partial charge is 0.230 e. The number of halogens is 1. The topological polar surface area (TPSA) is 29.1 Å². The highest BCUT2D eigenvalue weighted by Gasteiger charge is 2.60. The van der Waals surface area contributed by atoms with E-state index in [9.17, 15) is 4.79 Å². The van der Waals surface area contributed by atoms with Gasteiger partial charge in [0.05, 0.1) is 5.41 Å². The summed E-state index contributed by atoms with van der Waals surface area (Å²) in [6, 6.07) is 6.45. The lowest BCUT2D eigenvalue weighted by Gasteiger charge is -2.59. The Morgan fingerprint density at radius 3 is 2.04 bits per heavy atom. The van der Waals surface area contributed by atoms with Gasteiger partial charge in [-0.15, -0.1) is 11.6 Å². The molecular weight excluding hydrogens is 342 g/mol. The maximum absolute atomic E-state index is 13.6. The zero-order valence-corrected chi connectivity index (χ0v) is 17.3. The van der Waals surface area contributed by atoms with Crippen molar-refractivity contribution in [2.24, 2.45) is 17.3 Å². The van der Waals surface area contributed by atoms with Crippen LogP contribution in [0.3, 0.4) is 0 Å². The number of para-hydroxylation sites is 1. The Kier molecular flexibility index (Phi) is 4.42. The summed E-state index contributed by atoms with van der Waals surface area (Å²) in [4.78, 5) is 13.5. The zero-order valence-electron chi connectivity index (χ0n) is 16.6. The van der Waals surface area contributed by atoms with E-state index in [0.717, 1.165) is 37.8 Å². The Hall–Kier alpha value is -1.02. The van der Waals surface area contributed by atoms with Crippen LogP contribution in [0.1, 0.15) is 89.2 Å². The first-order chi connectivity index (χ1) is 12.2. The molecule has 5 rings (SSSR count). The van der Waals surface area contributed by atoms with E-state index in [1.54, 1.807) is 0 Å². The molecule has 4 saturated carbocycles. The van der Waals surface area contributed by atoms with Gasteiger partial charge < -0.3 is 5.32 Å². The average Bonchev–Trinajstić information content (AvgIpc) is 2.52. The third-order valence-electron chi connectivity index (χ3n) is 7.08. The number of hydrogen-bond donors (Lipinski definition) is 1. The van der Waals surface area contributed by atoms with Crippen LogP contribution in [-0.2, 0) is 4.79 Å². The fourth-order valence-corrected chi connectivity index (χ4v) is 7.05. The average molecular weight is 374 g/mol. The molecule has 0 aromatic heterocycles. The molecule has 0 radical (unpaired) electrons. The van der Waals surface area contributed by atoms with Crippen LogP contribution in [-0.4, -0.2) is 10.8 Å². The van der Waals surface area contributed by atoms with Gasteiger partial charge in [-0.3, -0.25) is 4.79 Å². The number of hydrogen-bond acceptors (Lipinski definition) is 1. The second-order valence-electron chi connectivity index (χ2n) is 9.97. The van der Waals surface area contributed by atoms with Crippen molar-refractivity contribution in [1.82, 2.24) is 0 Å². The van der Waals surface area contributed by atoms with Gasteiger partial charge in [-0.2, -0.15) is 0 Å². The molecule has 1 N–H and O–H groups in total. The summed E-state index contributed by atoms with van der Waals surface area (Å²) in [5.41, 5.74) is 3.30. The van der Waals surface area contributed by atoms with Crippen LogP contribution in [0.4, 0.5) is 5.69 Å². The van der Waals surface area contributed by atoms with Gasteiger partial charge in [-0.25, -0.2) is 0 Å². The van der Waals surface area contributed by atoms with Gasteiger partial charge in [-0.1, -0.05) is 45.9 Å². The molecule has 26 heavy (non-hydrogen) atoms. The molecule has 4 aliphatic carbocycles. The van der Waals surface area contributed by atoms with E-state index in [2.05, 4.69) is 51.2 Å². The quantitative estimate of drug-likeness (QED) is 0.603. The number of rotatable bonds is 4. The zero-order chi connectivity index (χ0) is 18.7. The monoisotopic (exact) mass is 373 g/mol. The molecule has 1 amide bonds. The number of carbonyl (C=O) groups is 1. The second kappa shape index (κ2) is 6.26. The molecule has 0 spiro atoms. The molecule has 4 atom stereocenters. The van der Waals surface area contributed by atoms with E-state index in [-0.39, 0.29) is 16.2 Å². The van der Waals surface area contributed by atoms with Crippen LogP contribution >= 0.6 is 11.6 Å². The standard InChI is InChI=1S/C23H32ClNO/c1-14(2)18-6-5-7-19(15(3)4)20(18)25-21(26)22-9-16-8-17(10-22)12-23(24,11-16)13-22/h5-7,14-17H,8-13H2,1-4H3,(H,25,26)/t16-,17+,22?,23?. The van der Waals surface area contributed by atoms with Crippen LogP contribution in [0, 0.1) is 17.3 Å². The van der Waals surface area contributed by atoms with Crippen LogP contribution in [0.2, 0.25) is 0 Å². The van der Waals surface area contributed by atoms with Crippen molar-refractivity contribution in [3.05, 3.63) is 29.3 Å². The maximum Gasteiger partial charge on any atom is 0.230 e. The molecule has 0 heterocycles. The fourth-order valence-electron chi connectivity index (χ4n) is 6.36. The van der Waals surface area contributed by atoms with Gasteiger partial charge in [0, 0.05) is 10.6 Å². The molecule has 2 nitrogen and oxygen atoms in total. The van der Waals surface area contributed by atoms with Gasteiger partial charge in [0.2, 0.25) is 5.91 Å². The van der Waals surface area contributed by atoms with Gasteiger partial charge in [-0.05, 0) is 73.3 Å². The van der Waals surface area contributed by atoms with Crippen molar-refractivity contribution in [3.63, 3.8) is 0 Å². The summed E-state index contributed by atoms with van der Waals surface area (Å²) in [6.45, 7) is 8.81. The van der Waals surface area contributed by atoms with Crippen LogP contribution in [0.5, 0.6) is 0 Å². The normalized spacial score (nSPS) is 35.3. The number of amides is 1. The lowest BCUT2D eigenvalue weighted by Crippen LogP contribution is -2.57. The van der Waals surface area contributed by atoms with Gasteiger partial charge in [0.25, 0.3) is 0 Å². The summed E-state index contributed by atoms with van der Waals surface area (Å²) >= 11 is 6.95. The second-order valence-corrected chi connectivity index (χ2v) is 10.8. The molecule has 4 fully saturated rings. The van der Waals surface area contributed by atoms with E-state index in [4.69, 9.17) is 11.6 Å². The molecule has 2 unspecified atom stereocenters. The van der Waals surface area contributed by atoms with Crippen molar-refractivity contribution in [2.45, 2.75) is 82.9 Å². The Balaban J connectivity index is 1.67. The summed E-state index contributed by atoms with van der Waals surface area (Å²) in [7, 11) is 0. The van der Waals surface area contributed by atoms with E-state index in [0.29, 0.717) is 23.7 Å². The Bertz CT molecular complexity index is 683. The SMILES string of the molecule is CC(C)c1cccc(C(C)C)c1NC(=O)C12C[C@@H]3C[C@@H](CC(Cl)(C3)C1)C2.